The fraction of sp³-hybridized carbons (Fsp3) is 0.500. The summed E-state index contributed by atoms with van der Waals surface area (Å²) < 4.78 is 0. The van der Waals surface area contributed by atoms with Crippen LogP contribution in [0.5, 0.6) is 0 Å². The third-order valence-electron chi connectivity index (χ3n) is 6.99. The minimum Gasteiger partial charge on any atom is -0.353 e. The normalized spacial score (nSPS) is 26.3. The van der Waals surface area contributed by atoms with Crippen LogP contribution in [0.15, 0.2) is 42.5 Å². The van der Waals surface area contributed by atoms with E-state index in [2.05, 4.69) is 10.6 Å². The Morgan fingerprint density at radius 1 is 0.900 bits per heavy atom. The van der Waals surface area contributed by atoms with E-state index in [1.54, 1.807) is 0 Å². The Morgan fingerprint density at radius 2 is 1.57 bits per heavy atom. The molecule has 0 aromatic heterocycles. The number of rotatable bonds is 3. The summed E-state index contributed by atoms with van der Waals surface area (Å²) in [6, 6.07) is 15.4. The summed E-state index contributed by atoms with van der Waals surface area (Å²) in [6.07, 6.45) is 6.10. The summed E-state index contributed by atoms with van der Waals surface area (Å²) >= 11 is 0. The van der Waals surface area contributed by atoms with Crippen LogP contribution in [0.1, 0.15) is 48.9 Å². The molecule has 3 heterocycles. The zero-order valence-electron chi connectivity index (χ0n) is 17.2. The van der Waals surface area contributed by atoms with E-state index >= 15 is 0 Å². The second-order valence-corrected chi connectivity index (χ2v) is 8.91. The van der Waals surface area contributed by atoms with Crippen LogP contribution in [0.4, 0.5) is 0 Å². The van der Waals surface area contributed by atoms with Gasteiger partial charge in [-0.15, -0.1) is 12.4 Å². The van der Waals surface area contributed by atoms with E-state index in [4.69, 9.17) is 0 Å². The summed E-state index contributed by atoms with van der Waals surface area (Å²) in [4.78, 5) is 27.8. The van der Waals surface area contributed by atoms with Crippen LogP contribution in [0, 0.1) is 5.92 Å². The van der Waals surface area contributed by atoms with E-state index in [0.717, 1.165) is 42.0 Å². The molecule has 0 aliphatic carbocycles. The highest BCUT2D eigenvalue weighted by atomic mass is 35.5. The van der Waals surface area contributed by atoms with E-state index < -0.39 is 0 Å². The number of carbonyl (C=O) groups is 2. The fourth-order valence-electron chi connectivity index (χ4n) is 5.42. The van der Waals surface area contributed by atoms with Crippen LogP contribution in [0.2, 0.25) is 0 Å². The molecule has 0 spiro atoms. The molecular formula is C24H30ClN3O2. The number of hydrogen-bond donors (Lipinski definition) is 2. The van der Waals surface area contributed by atoms with Gasteiger partial charge in [-0.05, 0) is 55.4 Å². The molecule has 2 aromatic carbocycles. The lowest BCUT2D eigenvalue weighted by Crippen LogP contribution is -2.50. The van der Waals surface area contributed by atoms with Crippen molar-refractivity contribution in [1.29, 1.82) is 0 Å². The predicted octanol–water partition coefficient (Wildman–Crippen LogP) is 3.51. The molecule has 30 heavy (non-hydrogen) atoms. The molecule has 5 rings (SSSR count). The van der Waals surface area contributed by atoms with Crippen molar-refractivity contribution in [1.82, 2.24) is 15.5 Å². The minimum atomic E-state index is 0. The van der Waals surface area contributed by atoms with Crippen molar-refractivity contribution in [2.75, 3.05) is 13.1 Å². The van der Waals surface area contributed by atoms with Gasteiger partial charge in [0.1, 0.15) is 0 Å². The Kier molecular flexibility index (Phi) is 6.30. The van der Waals surface area contributed by atoms with Gasteiger partial charge in [0, 0.05) is 42.7 Å². The highest BCUT2D eigenvalue weighted by molar-refractivity contribution is 6.07. The SMILES string of the molecule is Cl.O=C(NC1CC2CCC(C1)N2)C1CCN(C(=O)c2cccc3ccccc23)CC1. The Hall–Kier alpha value is -2.11. The molecule has 3 aliphatic heterocycles. The Bertz CT molecular complexity index is 908. The number of piperidine rings is 2. The van der Waals surface area contributed by atoms with Crippen molar-refractivity contribution in [3.05, 3.63) is 48.0 Å². The number of likely N-dealkylation sites (tertiary alicyclic amines) is 1. The maximum Gasteiger partial charge on any atom is 0.254 e. The van der Waals surface area contributed by atoms with Gasteiger partial charge in [0.2, 0.25) is 5.91 Å². The number of nitrogens with one attached hydrogen (secondary N) is 2. The molecule has 160 valence electrons. The monoisotopic (exact) mass is 427 g/mol. The lowest BCUT2D eigenvalue weighted by Gasteiger charge is -2.34. The Balaban J connectivity index is 0.00000218. The van der Waals surface area contributed by atoms with Crippen LogP contribution in [0.25, 0.3) is 10.8 Å². The molecule has 2 N–H and O–H groups in total. The first kappa shape index (κ1) is 21.1. The molecule has 3 saturated heterocycles. The van der Waals surface area contributed by atoms with Crippen molar-refractivity contribution in [2.24, 2.45) is 5.92 Å². The maximum absolute atomic E-state index is 13.1. The van der Waals surface area contributed by atoms with E-state index in [9.17, 15) is 9.59 Å². The van der Waals surface area contributed by atoms with Gasteiger partial charge < -0.3 is 15.5 Å². The van der Waals surface area contributed by atoms with E-state index in [1.807, 2.05) is 47.4 Å². The zero-order valence-corrected chi connectivity index (χ0v) is 18.0. The van der Waals surface area contributed by atoms with Gasteiger partial charge in [0.25, 0.3) is 5.91 Å². The van der Waals surface area contributed by atoms with Crippen molar-refractivity contribution in [2.45, 2.75) is 56.7 Å². The molecule has 0 radical (unpaired) electrons. The first-order chi connectivity index (χ1) is 14.2. The van der Waals surface area contributed by atoms with Gasteiger partial charge in [-0.2, -0.15) is 0 Å². The van der Waals surface area contributed by atoms with Crippen LogP contribution in [-0.2, 0) is 4.79 Å². The van der Waals surface area contributed by atoms with Crippen LogP contribution in [0.3, 0.4) is 0 Å². The molecule has 5 nitrogen and oxygen atoms in total. The van der Waals surface area contributed by atoms with E-state index in [-0.39, 0.29) is 30.1 Å². The highest BCUT2D eigenvalue weighted by Gasteiger charge is 2.35. The summed E-state index contributed by atoms with van der Waals surface area (Å²) in [5, 5.41) is 9.02. The van der Waals surface area contributed by atoms with Gasteiger partial charge >= 0.3 is 0 Å². The van der Waals surface area contributed by atoms with Crippen LogP contribution in [-0.4, -0.2) is 47.9 Å². The summed E-state index contributed by atoms with van der Waals surface area (Å²) in [7, 11) is 0. The third kappa shape index (κ3) is 4.19. The molecule has 2 amide bonds. The fourth-order valence-corrected chi connectivity index (χ4v) is 5.42. The number of hydrogen-bond acceptors (Lipinski definition) is 3. The minimum absolute atomic E-state index is 0. The standard InChI is InChI=1S/C24H29N3O2.ClH/c28-23(26-20-14-18-8-9-19(15-20)25-18)17-10-12-27(13-11-17)24(29)22-7-3-5-16-4-1-2-6-21(16)22;/h1-7,17-20,25H,8-15H2,(H,26,28);1H. The lowest BCUT2D eigenvalue weighted by atomic mass is 9.93. The van der Waals surface area contributed by atoms with Gasteiger partial charge in [0.15, 0.2) is 0 Å². The molecular weight excluding hydrogens is 398 g/mol. The average molecular weight is 428 g/mol. The average Bonchev–Trinajstić information content (AvgIpc) is 3.11. The van der Waals surface area contributed by atoms with Crippen molar-refractivity contribution < 1.29 is 9.59 Å². The number of nitrogens with zero attached hydrogens (tertiary/aromatic N) is 1. The van der Waals surface area contributed by atoms with Crippen molar-refractivity contribution in [3.63, 3.8) is 0 Å². The van der Waals surface area contributed by atoms with E-state index in [0.29, 0.717) is 31.2 Å². The number of benzene rings is 2. The summed E-state index contributed by atoms with van der Waals surface area (Å²) in [5.74, 6) is 0.295. The Morgan fingerprint density at radius 3 is 2.30 bits per heavy atom. The molecule has 3 fully saturated rings. The third-order valence-corrected chi connectivity index (χ3v) is 6.99. The molecule has 6 heteroatoms. The largest absolute Gasteiger partial charge is 0.353 e. The highest BCUT2D eigenvalue weighted by Crippen LogP contribution is 2.28. The van der Waals surface area contributed by atoms with Crippen LogP contribution >= 0.6 is 12.4 Å². The molecule has 2 unspecified atom stereocenters. The van der Waals surface area contributed by atoms with Crippen molar-refractivity contribution in [3.8, 4) is 0 Å². The predicted molar refractivity (Wildman–Crippen MR) is 121 cm³/mol. The Labute approximate surface area is 184 Å². The maximum atomic E-state index is 13.1. The van der Waals surface area contributed by atoms with Gasteiger partial charge in [-0.3, -0.25) is 9.59 Å². The smallest absolute Gasteiger partial charge is 0.254 e. The second kappa shape index (κ2) is 8.94. The molecule has 0 saturated carbocycles. The molecule has 2 bridgehead atoms. The number of amides is 2. The molecule has 2 atom stereocenters. The molecule has 2 aromatic rings. The molecule has 3 aliphatic rings. The topological polar surface area (TPSA) is 61.4 Å². The first-order valence-electron chi connectivity index (χ1n) is 11.0. The van der Waals surface area contributed by atoms with Crippen LogP contribution < -0.4 is 10.6 Å². The second-order valence-electron chi connectivity index (χ2n) is 8.91. The zero-order chi connectivity index (χ0) is 19.8. The van der Waals surface area contributed by atoms with Gasteiger partial charge in [-0.1, -0.05) is 36.4 Å². The summed E-state index contributed by atoms with van der Waals surface area (Å²) in [6.45, 7) is 1.30. The van der Waals surface area contributed by atoms with E-state index in [1.165, 1.54) is 12.8 Å². The van der Waals surface area contributed by atoms with Gasteiger partial charge in [-0.25, -0.2) is 0 Å². The summed E-state index contributed by atoms with van der Waals surface area (Å²) in [5.41, 5.74) is 0.760. The van der Waals surface area contributed by atoms with Crippen molar-refractivity contribution >= 4 is 35.0 Å². The quantitative estimate of drug-likeness (QED) is 0.787. The number of carbonyl (C=O) groups excluding carboxylic acids is 2. The first-order valence-corrected chi connectivity index (χ1v) is 11.0. The lowest BCUT2D eigenvalue weighted by molar-refractivity contribution is -0.127. The van der Waals surface area contributed by atoms with Gasteiger partial charge in [0.05, 0.1) is 0 Å². The number of fused-ring (bicyclic) bond motifs is 3. The number of halogens is 1.